The first-order valence-corrected chi connectivity index (χ1v) is 2.04. The Morgan fingerprint density at radius 1 is 1.88 bits per heavy atom. The molecule has 0 fully saturated rings. The molecule has 2 N–H and O–H groups in total. The van der Waals surface area contributed by atoms with Crippen LogP contribution >= 0.6 is 0 Å². The zero-order valence-electron chi connectivity index (χ0n) is 4.13. The lowest BCUT2D eigenvalue weighted by Crippen LogP contribution is -1.81. The van der Waals surface area contributed by atoms with Crippen LogP contribution in [-0.4, -0.2) is 20.3 Å². The largest absolute Gasteiger partial charge is 0.505 e. The predicted octanol–water partition coefficient (Wildman–Crippen LogP) is 0.333. The highest BCUT2D eigenvalue weighted by Crippen LogP contribution is 1.95. The van der Waals surface area contributed by atoms with Crippen molar-refractivity contribution in [1.29, 1.82) is 0 Å². The van der Waals surface area contributed by atoms with Crippen molar-refractivity contribution in [2.45, 2.75) is 0 Å². The monoisotopic (exact) mass is 111 g/mol. The van der Waals surface area contributed by atoms with Crippen LogP contribution in [0, 0.1) is 0 Å². The number of hydrogen-bond donors (Lipinski definition) is 2. The van der Waals surface area contributed by atoms with Crippen LogP contribution in [0.15, 0.2) is 12.9 Å². The van der Waals surface area contributed by atoms with Crippen molar-refractivity contribution >= 4 is 5.76 Å². The summed E-state index contributed by atoms with van der Waals surface area (Å²) in [5.74, 6) is 0.215. The number of aliphatic hydroxyl groups is 1. The van der Waals surface area contributed by atoms with Crippen molar-refractivity contribution < 1.29 is 5.11 Å². The fraction of sp³-hybridized carbons (Fsp3) is 0. The van der Waals surface area contributed by atoms with E-state index >= 15 is 0 Å². The van der Waals surface area contributed by atoms with E-state index in [1.807, 2.05) is 0 Å². The Bertz CT molecular complexity index is 179. The summed E-state index contributed by atoms with van der Waals surface area (Å²) in [7, 11) is 0. The molecule has 42 valence electrons. The first kappa shape index (κ1) is 4.83. The van der Waals surface area contributed by atoms with Gasteiger partial charge in [0, 0.05) is 0 Å². The average Bonchev–Trinajstić information content (AvgIpc) is 2.12. The minimum atomic E-state index is -0.0949. The maximum Gasteiger partial charge on any atom is 0.189 e. The van der Waals surface area contributed by atoms with Gasteiger partial charge in [0.15, 0.2) is 11.6 Å². The van der Waals surface area contributed by atoms with E-state index in [9.17, 15) is 0 Å². The molecule has 8 heavy (non-hydrogen) atoms. The van der Waals surface area contributed by atoms with Crippen LogP contribution in [0.25, 0.3) is 5.76 Å². The molecule has 1 rings (SSSR count). The summed E-state index contributed by atoms with van der Waals surface area (Å²) in [5.41, 5.74) is 0. The number of nitrogens with one attached hydrogen (secondary N) is 1. The number of rotatable bonds is 1. The molecule has 0 saturated heterocycles. The Balaban J connectivity index is 2.93. The molecule has 0 aliphatic rings. The molecule has 0 amide bonds. The number of H-pyrrole nitrogens is 1. The van der Waals surface area contributed by atoms with Gasteiger partial charge in [0.05, 0.1) is 0 Å². The zero-order valence-corrected chi connectivity index (χ0v) is 4.13. The van der Waals surface area contributed by atoms with Gasteiger partial charge in [-0.05, 0) is 0 Å². The van der Waals surface area contributed by atoms with Crippen molar-refractivity contribution in [3.63, 3.8) is 0 Å². The molecule has 0 aromatic carbocycles. The Morgan fingerprint density at radius 2 is 2.62 bits per heavy atom. The second-order valence-electron chi connectivity index (χ2n) is 1.28. The molecule has 1 heterocycles. The number of nitrogens with zero attached hydrogens (tertiary/aromatic N) is 2. The van der Waals surface area contributed by atoms with Crippen molar-refractivity contribution in [1.82, 2.24) is 15.2 Å². The molecule has 0 spiro atoms. The highest BCUT2D eigenvalue weighted by Gasteiger charge is 1.94. The summed E-state index contributed by atoms with van der Waals surface area (Å²) < 4.78 is 0. The molecule has 0 saturated carbocycles. The van der Waals surface area contributed by atoms with Gasteiger partial charge >= 0.3 is 0 Å². The maximum atomic E-state index is 8.58. The number of aliphatic hydroxyl groups excluding tert-OH is 1. The Labute approximate surface area is 45.9 Å². The third-order valence-electron chi connectivity index (χ3n) is 0.688. The van der Waals surface area contributed by atoms with E-state index in [1.54, 1.807) is 0 Å². The fourth-order valence-corrected chi connectivity index (χ4v) is 0.345. The smallest absolute Gasteiger partial charge is 0.189 e. The van der Waals surface area contributed by atoms with Crippen LogP contribution in [0.1, 0.15) is 5.82 Å². The van der Waals surface area contributed by atoms with Crippen molar-refractivity contribution in [3.8, 4) is 0 Å². The quantitative estimate of drug-likeness (QED) is 0.513. The molecule has 0 aliphatic carbocycles. The van der Waals surface area contributed by atoms with Crippen molar-refractivity contribution in [3.05, 3.63) is 18.7 Å². The first-order chi connectivity index (χ1) is 3.80. The first-order valence-electron chi connectivity index (χ1n) is 2.04. The summed E-state index contributed by atoms with van der Waals surface area (Å²) in [5, 5.41) is 14.5. The minimum absolute atomic E-state index is 0.0949. The number of aromatic amines is 1. The van der Waals surface area contributed by atoms with E-state index < -0.39 is 0 Å². The van der Waals surface area contributed by atoms with Crippen LogP contribution in [0.3, 0.4) is 0 Å². The normalized spacial score (nSPS) is 9.00. The highest BCUT2D eigenvalue weighted by molar-refractivity contribution is 5.46. The second kappa shape index (κ2) is 1.65. The van der Waals surface area contributed by atoms with Gasteiger partial charge in [-0.3, -0.25) is 5.10 Å². The van der Waals surface area contributed by atoms with Gasteiger partial charge < -0.3 is 5.11 Å². The Hall–Kier alpha value is -1.32. The molecular formula is C4H5N3O. The summed E-state index contributed by atoms with van der Waals surface area (Å²) in [6, 6.07) is 0. The van der Waals surface area contributed by atoms with E-state index in [4.69, 9.17) is 5.11 Å². The Morgan fingerprint density at radius 3 is 2.88 bits per heavy atom. The third-order valence-corrected chi connectivity index (χ3v) is 0.688. The summed E-state index contributed by atoms with van der Waals surface area (Å²) >= 11 is 0. The highest BCUT2D eigenvalue weighted by atomic mass is 16.3. The molecule has 0 atom stereocenters. The molecule has 4 heteroatoms. The predicted molar refractivity (Wildman–Crippen MR) is 28.0 cm³/mol. The van der Waals surface area contributed by atoms with Gasteiger partial charge in [0.1, 0.15) is 6.33 Å². The zero-order chi connectivity index (χ0) is 5.98. The van der Waals surface area contributed by atoms with Crippen molar-refractivity contribution in [2.75, 3.05) is 0 Å². The van der Waals surface area contributed by atoms with Crippen LogP contribution in [0.5, 0.6) is 0 Å². The lowest BCUT2D eigenvalue weighted by Gasteiger charge is -1.84. The van der Waals surface area contributed by atoms with Gasteiger partial charge in [-0.25, -0.2) is 4.98 Å². The van der Waals surface area contributed by atoms with Gasteiger partial charge in [-0.1, -0.05) is 6.58 Å². The average molecular weight is 111 g/mol. The van der Waals surface area contributed by atoms with Crippen LogP contribution < -0.4 is 0 Å². The van der Waals surface area contributed by atoms with Crippen LogP contribution in [-0.2, 0) is 0 Å². The molecule has 0 radical (unpaired) electrons. The van der Waals surface area contributed by atoms with E-state index in [1.165, 1.54) is 6.33 Å². The van der Waals surface area contributed by atoms with E-state index in [2.05, 4.69) is 21.8 Å². The number of aromatic nitrogens is 3. The van der Waals surface area contributed by atoms with Crippen molar-refractivity contribution in [2.24, 2.45) is 0 Å². The number of hydrogen-bond acceptors (Lipinski definition) is 3. The molecule has 0 bridgehead atoms. The van der Waals surface area contributed by atoms with E-state index in [-0.39, 0.29) is 5.76 Å². The fourth-order valence-electron chi connectivity index (χ4n) is 0.345. The topological polar surface area (TPSA) is 61.8 Å². The van der Waals surface area contributed by atoms with Gasteiger partial charge in [-0.15, -0.1) is 0 Å². The molecule has 0 aliphatic heterocycles. The lowest BCUT2D eigenvalue weighted by atomic mass is 10.5. The summed E-state index contributed by atoms with van der Waals surface area (Å²) in [6.45, 7) is 3.22. The maximum absolute atomic E-state index is 8.58. The van der Waals surface area contributed by atoms with E-state index in [0.29, 0.717) is 5.82 Å². The van der Waals surface area contributed by atoms with Gasteiger partial charge in [0.2, 0.25) is 0 Å². The van der Waals surface area contributed by atoms with E-state index in [0.717, 1.165) is 0 Å². The molecule has 1 aromatic heterocycles. The lowest BCUT2D eigenvalue weighted by molar-refractivity contribution is 0.507. The SMILES string of the molecule is C=C(O)c1ncn[nH]1. The molecule has 0 unspecified atom stereocenters. The molecular weight excluding hydrogens is 106 g/mol. The summed E-state index contributed by atoms with van der Waals surface area (Å²) in [4.78, 5) is 3.60. The minimum Gasteiger partial charge on any atom is -0.505 e. The third kappa shape index (κ3) is 0.676. The van der Waals surface area contributed by atoms with Crippen LogP contribution in [0.4, 0.5) is 0 Å². The van der Waals surface area contributed by atoms with Crippen LogP contribution in [0.2, 0.25) is 0 Å². The molecule has 1 aromatic rings. The standard InChI is InChI=1S/C4H5N3O/c1-3(8)4-5-2-6-7-4/h2,8H,1H2,(H,5,6,7). The summed E-state index contributed by atoms with van der Waals surface area (Å²) in [6.07, 6.45) is 1.30. The second-order valence-corrected chi connectivity index (χ2v) is 1.28. The Kier molecular flexibility index (Phi) is 0.997. The van der Waals surface area contributed by atoms with Gasteiger partial charge in [-0.2, -0.15) is 5.10 Å². The molecule has 4 nitrogen and oxygen atoms in total. The van der Waals surface area contributed by atoms with Gasteiger partial charge in [0.25, 0.3) is 0 Å².